The number of hydrogen-bond donors (Lipinski definition) is 0. The normalized spacial score (nSPS) is 20.7. The van der Waals surface area contributed by atoms with E-state index in [2.05, 4.69) is 52.4 Å². The topological polar surface area (TPSA) is 13.1 Å². The van der Waals surface area contributed by atoms with E-state index in [1.807, 2.05) is 12.1 Å². The van der Waals surface area contributed by atoms with E-state index in [0.29, 0.717) is 5.92 Å². The van der Waals surface area contributed by atoms with Gasteiger partial charge in [0.15, 0.2) is 0 Å². The highest BCUT2D eigenvalue weighted by atomic mass is 79.9. The Morgan fingerprint density at radius 2 is 2.17 bits per heavy atom. The van der Waals surface area contributed by atoms with E-state index in [9.17, 15) is 0 Å². The van der Waals surface area contributed by atoms with Gasteiger partial charge in [-0.1, -0.05) is 40.2 Å². The van der Waals surface area contributed by atoms with Gasteiger partial charge >= 0.3 is 0 Å². The summed E-state index contributed by atoms with van der Waals surface area (Å²) in [6.07, 6.45) is 11.9. The van der Waals surface area contributed by atoms with Gasteiger partial charge in [0.2, 0.25) is 0 Å². The molecule has 2 heteroatoms. The maximum Gasteiger partial charge on any atom is 0.135 e. The summed E-state index contributed by atoms with van der Waals surface area (Å²) in [5.74, 6) is 1.52. The zero-order valence-corrected chi connectivity index (χ0v) is 11.3. The molecule has 1 aromatic carbocycles. The number of benzene rings is 1. The molecule has 0 amide bonds. The van der Waals surface area contributed by atoms with E-state index in [-0.39, 0.29) is 0 Å². The standard InChI is InChI=1S/C16H11BrO/c17-12-5-6-15-14(9-12)13-7-10-3-1-2-4-11(10)8-16(13)18-15/h1-6,8-10H,7H2. The van der Waals surface area contributed by atoms with Crippen molar-refractivity contribution >= 4 is 33.0 Å². The molecule has 1 nitrogen and oxygen atoms in total. The first-order valence-corrected chi connectivity index (χ1v) is 6.88. The molecule has 2 aliphatic carbocycles. The fourth-order valence-corrected chi connectivity index (χ4v) is 3.14. The molecule has 0 aliphatic heterocycles. The molecule has 0 N–H and O–H groups in total. The van der Waals surface area contributed by atoms with Gasteiger partial charge in [-0.2, -0.15) is 0 Å². The fraction of sp³-hybridized carbons (Fsp3) is 0.125. The summed E-state index contributed by atoms with van der Waals surface area (Å²) in [6, 6.07) is 6.21. The number of fused-ring (bicyclic) bond motifs is 4. The zero-order chi connectivity index (χ0) is 12.1. The molecule has 88 valence electrons. The predicted octanol–water partition coefficient (Wildman–Crippen LogP) is 4.88. The van der Waals surface area contributed by atoms with Crippen LogP contribution in [0.15, 0.2) is 57.0 Å². The Bertz CT molecular complexity index is 731. The Morgan fingerprint density at radius 1 is 1.22 bits per heavy atom. The highest BCUT2D eigenvalue weighted by Crippen LogP contribution is 2.38. The molecule has 18 heavy (non-hydrogen) atoms. The highest BCUT2D eigenvalue weighted by Gasteiger charge is 2.24. The van der Waals surface area contributed by atoms with Crippen molar-refractivity contribution in [1.29, 1.82) is 0 Å². The molecule has 1 aromatic heterocycles. The SMILES string of the molecule is Brc1ccc2oc3c(c2c1)CC1C=CC=CC1=C3. The molecular weight excluding hydrogens is 288 g/mol. The Hall–Kier alpha value is -1.54. The Labute approximate surface area is 114 Å². The van der Waals surface area contributed by atoms with Crippen LogP contribution in [0.25, 0.3) is 17.0 Å². The minimum absolute atomic E-state index is 0.502. The Kier molecular flexibility index (Phi) is 2.15. The molecule has 4 rings (SSSR count). The summed E-state index contributed by atoms with van der Waals surface area (Å²) in [7, 11) is 0. The minimum atomic E-state index is 0.502. The van der Waals surface area contributed by atoms with E-state index in [0.717, 1.165) is 22.2 Å². The quantitative estimate of drug-likeness (QED) is 0.676. The van der Waals surface area contributed by atoms with Gasteiger partial charge in [-0.05, 0) is 36.3 Å². The lowest BCUT2D eigenvalue weighted by Crippen LogP contribution is -2.10. The molecule has 0 radical (unpaired) electrons. The first-order valence-electron chi connectivity index (χ1n) is 6.09. The van der Waals surface area contributed by atoms with Crippen molar-refractivity contribution in [2.24, 2.45) is 5.92 Å². The maximum absolute atomic E-state index is 5.94. The second-order valence-corrected chi connectivity index (χ2v) is 5.70. The van der Waals surface area contributed by atoms with Crippen LogP contribution in [-0.4, -0.2) is 0 Å². The van der Waals surface area contributed by atoms with Crippen LogP contribution in [-0.2, 0) is 6.42 Å². The molecule has 2 aliphatic rings. The van der Waals surface area contributed by atoms with Crippen LogP contribution in [0, 0.1) is 5.92 Å². The third-order valence-corrected chi connectivity index (χ3v) is 4.17. The van der Waals surface area contributed by atoms with Crippen molar-refractivity contribution in [3.63, 3.8) is 0 Å². The van der Waals surface area contributed by atoms with Gasteiger partial charge in [-0.3, -0.25) is 0 Å². The molecule has 0 spiro atoms. The lowest BCUT2D eigenvalue weighted by atomic mass is 9.83. The highest BCUT2D eigenvalue weighted by molar-refractivity contribution is 9.10. The second-order valence-electron chi connectivity index (χ2n) is 4.78. The van der Waals surface area contributed by atoms with Gasteiger partial charge in [0.1, 0.15) is 11.3 Å². The van der Waals surface area contributed by atoms with Crippen LogP contribution < -0.4 is 0 Å². The van der Waals surface area contributed by atoms with Gasteiger partial charge in [0, 0.05) is 21.3 Å². The first-order chi connectivity index (χ1) is 8.81. The molecular formula is C16H11BrO. The number of furan rings is 1. The van der Waals surface area contributed by atoms with E-state index in [1.165, 1.54) is 16.5 Å². The molecule has 0 bridgehead atoms. The van der Waals surface area contributed by atoms with Crippen LogP contribution in [0.2, 0.25) is 0 Å². The molecule has 2 aromatic rings. The summed E-state index contributed by atoms with van der Waals surface area (Å²) < 4.78 is 7.04. The van der Waals surface area contributed by atoms with Crippen molar-refractivity contribution in [3.05, 3.63) is 63.9 Å². The van der Waals surface area contributed by atoms with Gasteiger partial charge in [-0.25, -0.2) is 0 Å². The van der Waals surface area contributed by atoms with Crippen LogP contribution in [0.5, 0.6) is 0 Å². The van der Waals surface area contributed by atoms with Crippen molar-refractivity contribution in [1.82, 2.24) is 0 Å². The first kappa shape index (κ1) is 10.4. The largest absolute Gasteiger partial charge is 0.456 e. The van der Waals surface area contributed by atoms with Crippen LogP contribution >= 0.6 is 15.9 Å². The lowest BCUT2D eigenvalue weighted by molar-refractivity contribution is 0.586. The van der Waals surface area contributed by atoms with Crippen molar-refractivity contribution in [3.8, 4) is 0 Å². The number of hydrogen-bond acceptors (Lipinski definition) is 1. The van der Waals surface area contributed by atoms with Gasteiger partial charge in [0.25, 0.3) is 0 Å². The molecule has 0 saturated heterocycles. The monoisotopic (exact) mass is 298 g/mol. The smallest absolute Gasteiger partial charge is 0.135 e. The molecule has 1 atom stereocenters. The lowest BCUT2D eigenvalue weighted by Gasteiger charge is -2.20. The molecule has 1 heterocycles. The average Bonchev–Trinajstić information content (AvgIpc) is 2.73. The van der Waals surface area contributed by atoms with Crippen LogP contribution in [0.4, 0.5) is 0 Å². The summed E-state index contributed by atoms with van der Waals surface area (Å²) in [6.45, 7) is 0. The number of rotatable bonds is 0. The minimum Gasteiger partial charge on any atom is -0.456 e. The molecule has 0 fully saturated rings. The van der Waals surface area contributed by atoms with Crippen molar-refractivity contribution in [2.75, 3.05) is 0 Å². The third kappa shape index (κ3) is 1.45. The number of halogens is 1. The average molecular weight is 299 g/mol. The van der Waals surface area contributed by atoms with Crippen LogP contribution in [0.3, 0.4) is 0 Å². The summed E-state index contributed by atoms with van der Waals surface area (Å²) >= 11 is 3.53. The summed E-state index contributed by atoms with van der Waals surface area (Å²) in [5.41, 5.74) is 3.66. The van der Waals surface area contributed by atoms with E-state index in [4.69, 9.17) is 4.42 Å². The zero-order valence-electron chi connectivity index (χ0n) is 9.69. The molecule has 0 saturated carbocycles. The fourth-order valence-electron chi connectivity index (χ4n) is 2.78. The maximum atomic E-state index is 5.94. The van der Waals surface area contributed by atoms with Crippen molar-refractivity contribution in [2.45, 2.75) is 6.42 Å². The predicted molar refractivity (Wildman–Crippen MR) is 77.4 cm³/mol. The van der Waals surface area contributed by atoms with Gasteiger partial charge < -0.3 is 4.42 Å². The molecule has 1 unspecified atom stereocenters. The third-order valence-electron chi connectivity index (χ3n) is 3.68. The number of allylic oxidation sites excluding steroid dienone is 5. The van der Waals surface area contributed by atoms with Gasteiger partial charge in [0.05, 0.1) is 0 Å². The Morgan fingerprint density at radius 3 is 3.11 bits per heavy atom. The summed E-state index contributed by atoms with van der Waals surface area (Å²) in [5, 5.41) is 1.23. The Balaban J connectivity index is 1.98. The van der Waals surface area contributed by atoms with E-state index < -0.39 is 0 Å². The second kappa shape index (κ2) is 3.72. The summed E-state index contributed by atoms with van der Waals surface area (Å²) in [4.78, 5) is 0. The van der Waals surface area contributed by atoms with Gasteiger partial charge in [-0.15, -0.1) is 0 Å². The van der Waals surface area contributed by atoms with Crippen LogP contribution in [0.1, 0.15) is 11.3 Å². The van der Waals surface area contributed by atoms with Crippen molar-refractivity contribution < 1.29 is 4.42 Å². The van der Waals surface area contributed by atoms with E-state index >= 15 is 0 Å². The van der Waals surface area contributed by atoms with E-state index in [1.54, 1.807) is 0 Å².